The van der Waals surface area contributed by atoms with Crippen LogP contribution in [-0.4, -0.2) is 48.6 Å². The van der Waals surface area contributed by atoms with E-state index in [1.807, 2.05) is 19.1 Å². The van der Waals surface area contributed by atoms with Crippen LogP contribution in [0.5, 0.6) is 0 Å². The van der Waals surface area contributed by atoms with Crippen molar-refractivity contribution in [1.82, 2.24) is 14.9 Å². The fraction of sp³-hybridized carbons (Fsp3) is 0.444. The number of likely N-dealkylation sites (N-methyl/N-ethyl adjacent to an activating group) is 1. The van der Waals surface area contributed by atoms with Gasteiger partial charge in [0.25, 0.3) is 0 Å². The smallest absolute Gasteiger partial charge is 0.224 e. The molecule has 1 heterocycles. The molecule has 2 rings (SSSR count). The standard InChI is InChI=1S/C18H27N5/c1-15-14-17(19-12-13-23(2)3)22-18(21-15)20-11-7-10-16-8-5-4-6-9-16/h4-6,8-9,14H,7,10-13H2,1-3H3,(H2,19,20,21,22). The zero-order valence-corrected chi connectivity index (χ0v) is 14.3. The van der Waals surface area contributed by atoms with E-state index in [1.54, 1.807) is 0 Å². The molecule has 1 aromatic carbocycles. The summed E-state index contributed by atoms with van der Waals surface area (Å²) in [5, 5.41) is 6.66. The predicted molar refractivity (Wildman–Crippen MR) is 97.1 cm³/mol. The van der Waals surface area contributed by atoms with Crippen LogP contribution in [0, 0.1) is 6.92 Å². The summed E-state index contributed by atoms with van der Waals surface area (Å²) < 4.78 is 0. The van der Waals surface area contributed by atoms with Gasteiger partial charge in [-0.15, -0.1) is 0 Å². The minimum Gasteiger partial charge on any atom is -0.369 e. The van der Waals surface area contributed by atoms with Crippen LogP contribution in [0.15, 0.2) is 36.4 Å². The maximum Gasteiger partial charge on any atom is 0.224 e. The number of nitrogens with one attached hydrogen (secondary N) is 2. The van der Waals surface area contributed by atoms with Gasteiger partial charge in [0.15, 0.2) is 0 Å². The molecule has 2 N–H and O–H groups in total. The summed E-state index contributed by atoms with van der Waals surface area (Å²) in [4.78, 5) is 11.1. The van der Waals surface area contributed by atoms with E-state index in [2.05, 4.69) is 63.9 Å². The molecule has 5 heteroatoms. The van der Waals surface area contributed by atoms with E-state index in [9.17, 15) is 0 Å². The van der Waals surface area contributed by atoms with Crippen LogP contribution < -0.4 is 10.6 Å². The Morgan fingerprint density at radius 1 is 1.00 bits per heavy atom. The van der Waals surface area contributed by atoms with Gasteiger partial charge in [0.05, 0.1) is 0 Å². The zero-order valence-electron chi connectivity index (χ0n) is 14.3. The third-order valence-electron chi connectivity index (χ3n) is 3.49. The van der Waals surface area contributed by atoms with Gasteiger partial charge >= 0.3 is 0 Å². The molecule has 0 saturated heterocycles. The molecule has 0 radical (unpaired) electrons. The molecule has 0 aliphatic carbocycles. The first-order valence-corrected chi connectivity index (χ1v) is 8.15. The summed E-state index contributed by atoms with van der Waals surface area (Å²) in [6.45, 7) is 4.71. The lowest BCUT2D eigenvalue weighted by atomic mass is 10.1. The fourth-order valence-corrected chi connectivity index (χ4v) is 2.28. The van der Waals surface area contributed by atoms with Gasteiger partial charge in [-0.05, 0) is 39.4 Å². The summed E-state index contributed by atoms with van der Waals surface area (Å²) in [7, 11) is 4.12. The predicted octanol–water partition coefficient (Wildman–Crippen LogP) is 2.80. The SMILES string of the molecule is Cc1cc(NCCN(C)C)nc(NCCCc2ccccc2)n1. The third-order valence-corrected chi connectivity index (χ3v) is 3.49. The highest BCUT2D eigenvalue weighted by atomic mass is 15.2. The van der Waals surface area contributed by atoms with Gasteiger partial charge in [-0.1, -0.05) is 30.3 Å². The number of nitrogens with zero attached hydrogens (tertiary/aromatic N) is 3. The number of benzene rings is 1. The number of aryl methyl sites for hydroxylation is 2. The zero-order chi connectivity index (χ0) is 16.5. The highest BCUT2D eigenvalue weighted by molar-refractivity contribution is 5.42. The minimum absolute atomic E-state index is 0.699. The molecule has 124 valence electrons. The van der Waals surface area contributed by atoms with Crippen molar-refractivity contribution in [3.63, 3.8) is 0 Å². The first kappa shape index (κ1) is 17.2. The normalized spacial score (nSPS) is 10.8. The van der Waals surface area contributed by atoms with E-state index in [0.29, 0.717) is 5.95 Å². The number of hydrogen-bond donors (Lipinski definition) is 2. The molecule has 0 aliphatic heterocycles. The lowest BCUT2D eigenvalue weighted by Crippen LogP contribution is -2.21. The molecule has 1 aromatic heterocycles. The van der Waals surface area contributed by atoms with Crippen molar-refractivity contribution in [1.29, 1.82) is 0 Å². The average molecular weight is 313 g/mol. The summed E-state index contributed by atoms with van der Waals surface area (Å²) in [6.07, 6.45) is 2.12. The Balaban J connectivity index is 1.79. The van der Waals surface area contributed by atoms with Gasteiger partial charge in [0, 0.05) is 31.4 Å². The molecule has 0 unspecified atom stereocenters. The number of rotatable bonds is 9. The first-order chi connectivity index (χ1) is 11.1. The lowest BCUT2D eigenvalue weighted by Gasteiger charge is -2.12. The molecule has 2 aromatic rings. The molecule has 0 atom stereocenters. The Hall–Kier alpha value is -2.14. The largest absolute Gasteiger partial charge is 0.369 e. The molecule has 23 heavy (non-hydrogen) atoms. The van der Waals surface area contributed by atoms with Crippen molar-refractivity contribution >= 4 is 11.8 Å². The van der Waals surface area contributed by atoms with Crippen LogP contribution in [0.4, 0.5) is 11.8 Å². The Morgan fingerprint density at radius 2 is 1.78 bits per heavy atom. The van der Waals surface area contributed by atoms with Crippen LogP contribution in [0.25, 0.3) is 0 Å². The van der Waals surface area contributed by atoms with Crippen LogP contribution in [0.3, 0.4) is 0 Å². The first-order valence-electron chi connectivity index (χ1n) is 8.15. The number of anilines is 2. The van der Waals surface area contributed by atoms with Gasteiger partial charge in [-0.25, -0.2) is 4.98 Å². The van der Waals surface area contributed by atoms with Gasteiger partial charge in [-0.3, -0.25) is 0 Å². The minimum atomic E-state index is 0.699. The molecular formula is C18H27N5. The summed E-state index contributed by atoms with van der Waals surface area (Å²) in [6, 6.07) is 12.5. The van der Waals surface area contributed by atoms with E-state index in [1.165, 1.54) is 5.56 Å². The van der Waals surface area contributed by atoms with Crippen LogP contribution >= 0.6 is 0 Å². The fourth-order valence-electron chi connectivity index (χ4n) is 2.28. The van der Waals surface area contributed by atoms with Crippen molar-refractivity contribution in [3.8, 4) is 0 Å². The maximum absolute atomic E-state index is 4.52. The molecule has 0 saturated carbocycles. The summed E-state index contributed by atoms with van der Waals surface area (Å²) in [5.74, 6) is 1.58. The highest BCUT2D eigenvalue weighted by Crippen LogP contribution is 2.10. The molecule has 0 bridgehead atoms. The molecular weight excluding hydrogens is 286 g/mol. The highest BCUT2D eigenvalue weighted by Gasteiger charge is 2.02. The van der Waals surface area contributed by atoms with E-state index in [-0.39, 0.29) is 0 Å². The second-order valence-corrected chi connectivity index (χ2v) is 5.96. The molecule has 0 spiro atoms. The van der Waals surface area contributed by atoms with Crippen molar-refractivity contribution in [2.75, 3.05) is 44.4 Å². The second kappa shape index (κ2) is 9.10. The van der Waals surface area contributed by atoms with Crippen LogP contribution in [-0.2, 0) is 6.42 Å². The Bertz CT molecular complexity index is 583. The number of hydrogen-bond acceptors (Lipinski definition) is 5. The number of aromatic nitrogens is 2. The van der Waals surface area contributed by atoms with E-state index in [4.69, 9.17) is 0 Å². The molecule has 0 fully saturated rings. The van der Waals surface area contributed by atoms with Crippen molar-refractivity contribution in [2.45, 2.75) is 19.8 Å². The van der Waals surface area contributed by atoms with Gasteiger partial charge in [0.1, 0.15) is 5.82 Å². The van der Waals surface area contributed by atoms with Crippen LogP contribution in [0.2, 0.25) is 0 Å². The van der Waals surface area contributed by atoms with E-state index < -0.39 is 0 Å². The average Bonchev–Trinajstić information content (AvgIpc) is 2.52. The van der Waals surface area contributed by atoms with Crippen molar-refractivity contribution < 1.29 is 0 Å². The van der Waals surface area contributed by atoms with E-state index >= 15 is 0 Å². The third kappa shape index (κ3) is 6.65. The summed E-state index contributed by atoms with van der Waals surface area (Å²) in [5.41, 5.74) is 2.34. The Kier molecular flexibility index (Phi) is 6.81. The topological polar surface area (TPSA) is 53.1 Å². The Morgan fingerprint density at radius 3 is 2.52 bits per heavy atom. The maximum atomic E-state index is 4.52. The van der Waals surface area contributed by atoms with Crippen molar-refractivity contribution in [2.24, 2.45) is 0 Å². The van der Waals surface area contributed by atoms with Crippen molar-refractivity contribution in [3.05, 3.63) is 47.7 Å². The molecule has 0 amide bonds. The summed E-state index contributed by atoms with van der Waals surface area (Å²) >= 11 is 0. The van der Waals surface area contributed by atoms with Crippen LogP contribution in [0.1, 0.15) is 17.7 Å². The van der Waals surface area contributed by atoms with E-state index in [0.717, 1.165) is 44.0 Å². The molecule has 0 aliphatic rings. The van der Waals surface area contributed by atoms with Gasteiger partial charge in [0.2, 0.25) is 5.95 Å². The van der Waals surface area contributed by atoms with Gasteiger partial charge < -0.3 is 15.5 Å². The second-order valence-electron chi connectivity index (χ2n) is 5.96. The molecule has 5 nitrogen and oxygen atoms in total. The lowest BCUT2D eigenvalue weighted by molar-refractivity contribution is 0.425. The Labute approximate surface area is 139 Å². The van der Waals surface area contributed by atoms with Gasteiger partial charge in [-0.2, -0.15) is 4.98 Å². The monoisotopic (exact) mass is 313 g/mol. The quantitative estimate of drug-likeness (QED) is 0.697.